The Balaban J connectivity index is 2.53. The van der Waals surface area contributed by atoms with Gasteiger partial charge in [-0.15, -0.1) is 0 Å². The van der Waals surface area contributed by atoms with Gasteiger partial charge in [-0.05, 0) is 38.6 Å². The maximum absolute atomic E-state index is 12.6. The predicted octanol–water partition coefficient (Wildman–Crippen LogP) is 3.04. The Morgan fingerprint density at radius 2 is 1.91 bits per heavy atom. The van der Waals surface area contributed by atoms with E-state index in [1.54, 1.807) is 4.57 Å². The molecule has 118 valence electrons. The molecule has 1 aromatic heterocycles. The molecule has 4 nitrogen and oxygen atoms in total. The summed E-state index contributed by atoms with van der Waals surface area (Å²) < 4.78 is 7.64. The highest BCUT2D eigenvalue weighted by atomic mass is 16.5. The molecule has 0 fully saturated rings. The van der Waals surface area contributed by atoms with Crippen molar-refractivity contribution < 1.29 is 4.74 Å². The van der Waals surface area contributed by atoms with Gasteiger partial charge in [-0.1, -0.05) is 25.1 Å². The van der Waals surface area contributed by atoms with Crippen molar-refractivity contribution in [2.75, 3.05) is 13.7 Å². The smallest absolute Gasteiger partial charge is 0.255 e. The number of aromatic nitrogens is 1. The Bertz CT molecular complexity index is 677. The number of pyridine rings is 1. The molecule has 2 aromatic rings. The van der Waals surface area contributed by atoms with Crippen LogP contribution in [0.2, 0.25) is 0 Å². The van der Waals surface area contributed by atoms with Crippen molar-refractivity contribution in [3.63, 3.8) is 0 Å². The maximum atomic E-state index is 12.6. The van der Waals surface area contributed by atoms with Crippen LogP contribution in [-0.2, 0) is 13.1 Å². The van der Waals surface area contributed by atoms with Crippen LogP contribution in [0.15, 0.2) is 41.2 Å². The number of ether oxygens (including phenoxy) is 1. The van der Waals surface area contributed by atoms with Crippen LogP contribution in [0.25, 0.3) is 11.3 Å². The van der Waals surface area contributed by atoms with Crippen molar-refractivity contribution in [1.82, 2.24) is 9.88 Å². The van der Waals surface area contributed by atoms with Gasteiger partial charge in [-0.3, -0.25) is 4.79 Å². The minimum Gasteiger partial charge on any atom is -0.493 e. The molecule has 4 heteroatoms. The summed E-state index contributed by atoms with van der Waals surface area (Å²) in [5.41, 5.74) is 2.70. The highest BCUT2D eigenvalue weighted by molar-refractivity contribution is 5.67. The van der Waals surface area contributed by atoms with E-state index in [1.165, 1.54) is 0 Å². The average molecular weight is 300 g/mol. The van der Waals surface area contributed by atoms with E-state index >= 15 is 0 Å². The normalized spacial score (nSPS) is 10.7. The van der Waals surface area contributed by atoms with Gasteiger partial charge < -0.3 is 14.6 Å². The monoisotopic (exact) mass is 300 g/mol. The zero-order valence-corrected chi connectivity index (χ0v) is 13.6. The Kier molecular flexibility index (Phi) is 5.78. The molecule has 0 aliphatic heterocycles. The molecule has 0 unspecified atom stereocenters. The van der Waals surface area contributed by atoms with Crippen LogP contribution < -0.4 is 15.6 Å². The first kappa shape index (κ1) is 16.3. The van der Waals surface area contributed by atoms with Crippen molar-refractivity contribution in [2.24, 2.45) is 0 Å². The fourth-order valence-corrected chi connectivity index (χ4v) is 2.51. The van der Waals surface area contributed by atoms with Crippen molar-refractivity contribution in [1.29, 1.82) is 0 Å². The van der Waals surface area contributed by atoms with Gasteiger partial charge in [-0.25, -0.2) is 0 Å². The van der Waals surface area contributed by atoms with E-state index in [-0.39, 0.29) is 5.56 Å². The van der Waals surface area contributed by atoms with E-state index in [0.29, 0.717) is 19.7 Å². The van der Waals surface area contributed by atoms with Crippen molar-refractivity contribution in [3.05, 3.63) is 52.3 Å². The summed E-state index contributed by atoms with van der Waals surface area (Å²) in [6.07, 6.45) is 0.954. The fourth-order valence-electron chi connectivity index (χ4n) is 2.51. The molecule has 1 heterocycles. The standard InChI is InChI=1S/C18H24N2O2/c1-4-12-22-17-9-7-6-8-15(17)16-11-10-14(13-19-3)18(21)20(16)5-2/h6-11,19H,4-5,12-13H2,1-3H3. The Labute approximate surface area is 131 Å². The summed E-state index contributed by atoms with van der Waals surface area (Å²) in [4.78, 5) is 12.6. The molecular weight excluding hydrogens is 276 g/mol. The van der Waals surface area contributed by atoms with Crippen molar-refractivity contribution >= 4 is 0 Å². The van der Waals surface area contributed by atoms with Crippen LogP contribution in [-0.4, -0.2) is 18.2 Å². The SMILES string of the molecule is CCCOc1ccccc1-c1ccc(CNC)c(=O)n1CC. The number of hydrogen-bond acceptors (Lipinski definition) is 3. The lowest BCUT2D eigenvalue weighted by Crippen LogP contribution is -2.26. The van der Waals surface area contributed by atoms with Crippen LogP contribution in [0.3, 0.4) is 0 Å². The number of benzene rings is 1. The summed E-state index contributed by atoms with van der Waals surface area (Å²) in [6, 6.07) is 11.8. The molecule has 2 rings (SSSR count). The van der Waals surface area contributed by atoms with Gasteiger partial charge >= 0.3 is 0 Å². The van der Waals surface area contributed by atoms with Crippen LogP contribution >= 0.6 is 0 Å². The molecule has 0 atom stereocenters. The summed E-state index contributed by atoms with van der Waals surface area (Å²) in [6.45, 7) is 5.95. The molecule has 0 spiro atoms. The molecule has 1 aromatic carbocycles. The maximum Gasteiger partial charge on any atom is 0.255 e. The van der Waals surface area contributed by atoms with Gasteiger partial charge in [0.05, 0.1) is 12.3 Å². The first-order valence-corrected chi connectivity index (χ1v) is 7.82. The number of para-hydroxylation sites is 1. The van der Waals surface area contributed by atoms with Crippen molar-refractivity contribution in [3.8, 4) is 17.0 Å². The summed E-state index contributed by atoms with van der Waals surface area (Å²) >= 11 is 0. The van der Waals surface area contributed by atoms with E-state index in [1.807, 2.05) is 50.4 Å². The minimum absolute atomic E-state index is 0.0552. The lowest BCUT2D eigenvalue weighted by atomic mass is 10.1. The second-order valence-corrected chi connectivity index (χ2v) is 5.17. The summed E-state index contributed by atoms with van der Waals surface area (Å²) in [5, 5.41) is 3.04. The molecule has 0 aliphatic carbocycles. The third-order valence-corrected chi connectivity index (χ3v) is 3.56. The first-order chi connectivity index (χ1) is 10.7. The summed E-state index contributed by atoms with van der Waals surface area (Å²) in [5.74, 6) is 0.826. The Morgan fingerprint density at radius 3 is 2.59 bits per heavy atom. The highest BCUT2D eigenvalue weighted by Crippen LogP contribution is 2.29. The highest BCUT2D eigenvalue weighted by Gasteiger charge is 2.12. The van der Waals surface area contributed by atoms with E-state index < -0.39 is 0 Å². The van der Waals surface area contributed by atoms with E-state index in [2.05, 4.69) is 12.2 Å². The van der Waals surface area contributed by atoms with E-state index in [4.69, 9.17) is 4.74 Å². The molecule has 0 saturated carbocycles. The molecule has 0 bridgehead atoms. The zero-order chi connectivity index (χ0) is 15.9. The molecule has 22 heavy (non-hydrogen) atoms. The Hall–Kier alpha value is -2.07. The topological polar surface area (TPSA) is 43.3 Å². The third-order valence-electron chi connectivity index (χ3n) is 3.56. The second-order valence-electron chi connectivity index (χ2n) is 5.17. The molecule has 1 N–H and O–H groups in total. The van der Waals surface area contributed by atoms with Gasteiger partial charge in [0, 0.05) is 24.2 Å². The predicted molar refractivity (Wildman–Crippen MR) is 90.4 cm³/mol. The fraction of sp³-hybridized carbons (Fsp3) is 0.389. The van der Waals surface area contributed by atoms with Crippen molar-refractivity contribution in [2.45, 2.75) is 33.4 Å². The lowest BCUT2D eigenvalue weighted by Gasteiger charge is -2.16. The van der Waals surface area contributed by atoms with Gasteiger partial charge in [0.25, 0.3) is 5.56 Å². The molecular formula is C18H24N2O2. The van der Waals surface area contributed by atoms with Gasteiger partial charge in [0.1, 0.15) is 5.75 Å². The van der Waals surface area contributed by atoms with Crippen LogP contribution in [0, 0.1) is 0 Å². The quantitative estimate of drug-likeness (QED) is 0.854. The largest absolute Gasteiger partial charge is 0.493 e. The summed E-state index contributed by atoms with van der Waals surface area (Å²) in [7, 11) is 1.84. The molecule has 0 amide bonds. The van der Waals surface area contributed by atoms with Crippen LogP contribution in [0.4, 0.5) is 0 Å². The van der Waals surface area contributed by atoms with Gasteiger partial charge in [0.2, 0.25) is 0 Å². The van der Waals surface area contributed by atoms with E-state index in [9.17, 15) is 4.79 Å². The van der Waals surface area contributed by atoms with Crippen LogP contribution in [0.1, 0.15) is 25.8 Å². The number of hydrogen-bond donors (Lipinski definition) is 1. The third kappa shape index (κ3) is 3.39. The first-order valence-electron chi connectivity index (χ1n) is 7.82. The van der Waals surface area contributed by atoms with E-state index in [0.717, 1.165) is 29.0 Å². The minimum atomic E-state index is 0.0552. The number of nitrogens with zero attached hydrogens (tertiary/aromatic N) is 1. The zero-order valence-electron chi connectivity index (χ0n) is 13.6. The number of nitrogens with one attached hydrogen (secondary N) is 1. The second kappa shape index (κ2) is 7.80. The molecule has 0 aliphatic rings. The Morgan fingerprint density at radius 1 is 1.14 bits per heavy atom. The van der Waals surface area contributed by atoms with Gasteiger partial charge in [0.15, 0.2) is 0 Å². The average Bonchev–Trinajstić information content (AvgIpc) is 2.55. The van der Waals surface area contributed by atoms with Crippen LogP contribution in [0.5, 0.6) is 5.75 Å². The lowest BCUT2D eigenvalue weighted by molar-refractivity contribution is 0.318. The molecule has 0 saturated heterocycles. The van der Waals surface area contributed by atoms with Gasteiger partial charge in [-0.2, -0.15) is 0 Å². The number of rotatable bonds is 7. The molecule has 0 radical (unpaired) electrons.